The van der Waals surface area contributed by atoms with E-state index in [1.165, 1.54) is 23.2 Å². The molecule has 0 aliphatic carbocycles. The normalized spacial score (nSPS) is 19.2. The SMILES string of the molecule is CC(C)(C)c1nc(N2CCC(F)(F)C2)c2nn(Cc3ncccc3C3(C(F)(F)F)N=N3)nc2n1. The minimum atomic E-state index is -4.71. The van der Waals surface area contributed by atoms with Crippen molar-refractivity contribution in [3.8, 4) is 0 Å². The Kier molecular flexibility index (Phi) is 4.69. The second-order valence-corrected chi connectivity index (χ2v) is 9.42. The summed E-state index contributed by atoms with van der Waals surface area (Å²) in [4.78, 5) is 15.6. The first-order chi connectivity index (χ1) is 15.8. The van der Waals surface area contributed by atoms with E-state index in [0.717, 1.165) is 4.80 Å². The number of anilines is 1. The Hall–Kier alpha value is -3.32. The van der Waals surface area contributed by atoms with Crippen molar-refractivity contribution in [3.05, 3.63) is 35.4 Å². The van der Waals surface area contributed by atoms with E-state index < -0.39 is 29.7 Å². The van der Waals surface area contributed by atoms with Crippen molar-refractivity contribution in [2.75, 3.05) is 18.0 Å². The van der Waals surface area contributed by atoms with Gasteiger partial charge in [0.2, 0.25) is 5.65 Å². The van der Waals surface area contributed by atoms with Gasteiger partial charge in [-0.25, -0.2) is 18.7 Å². The Morgan fingerprint density at radius 2 is 1.79 bits per heavy atom. The molecule has 0 bridgehead atoms. The molecule has 2 aliphatic heterocycles. The van der Waals surface area contributed by atoms with Crippen LogP contribution in [-0.2, 0) is 17.6 Å². The van der Waals surface area contributed by atoms with Gasteiger partial charge in [0.15, 0.2) is 11.3 Å². The van der Waals surface area contributed by atoms with Crippen LogP contribution in [-0.4, -0.2) is 55.1 Å². The van der Waals surface area contributed by atoms with E-state index in [2.05, 4.69) is 35.4 Å². The molecule has 1 fully saturated rings. The van der Waals surface area contributed by atoms with Gasteiger partial charge < -0.3 is 4.90 Å². The maximum atomic E-state index is 13.9. The molecule has 180 valence electrons. The van der Waals surface area contributed by atoms with Crippen LogP contribution in [0.1, 0.15) is 44.3 Å². The average molecular weight is 481 g/mol. The van der Waals surface area contributed by atoms with Gasteiger partial charge in [0.1, 0.15) is 12.4 Å². The zero-order chi connectivity index (χ0) is 24.5. The van der Waals surface area contributed by atoms with E-state index in [1.807, 2.05) is 20.8 Å². The van der Waals surface area contributed by atoms with Crippen LogP contribution < -0.4 is 4.90 Å². The predicted molar refractivity (Wildman–Crippen MR) is 110 cm³/mol. The third-order valence-corrected chi connectivity index (χ3v) is 5.67. The van der Waals surface area contributed by atoms with Crippen LogP contribution in [0.2, 0.25) is 0 Å². The molecular weight excluding hydrogens is 461 g/mol. The summed E-state index contributed by atoms with van der Waals surface area (Å²) in [5.74, 6) is -2.25. The lowest BCUT2D eigenvalue weighted by Gasteiger charge is -2.21. The molecular formula is C20H20F5N9. The molecule has 3 aromatic heterocycles. The molecule has 34 heavy (non-hydrogen) atoms. The predicted octanol–water partition coefficient (Wildman–Crippen LogP) is 3.99. The lowest BCUT2D eigenvalue weighted by molar-refractivity contribution is -0.166. The zero-order valence-corrected chi connectivity index (χ0v) is 18.5. The van der Waals surface area contributed by atoms with Gasteiger partial charge in [0.05, 0.1) is 12.2 Å². The summed E-state index contributed by atoms with van der Waals surface area (Å²) in [5.41, 5.74) is -2.98. The molecule has 1 saturated heterocycles. The molecule has 0 N–H and O–H groups in total. The van der Waals surface area contributed by atoms with Crippen LogP contribution in [0.15, 0.2) is 28.6 Å². The van der Waals surface area contributed by atoms with Gasteiger partial charge in [0, 0.05) is 30.1 Å². The first-order valence-corrected chi connectivity index (χ1v) is 10.5. The molecule has 5 heterocycles. The summed E-state index contributed by atoms with van der Waals surface area (Å²) in [6.07, 6.45) is -3.68. The molecule has 0 spiro atoms. The molecule has 2 aliphatic rings. The number of hydrogen-bond donors (Lipinski definition) is 0. The summed E-state index contributed by atoms with van der Waals surface area (Å²) in [6, 6.07) is 2.63. The maximum absolute atomic E-state index is 13.9. The summed E-state index contributed by atoms with van der Waals surface area (Å²) in [5, 5.41) is 15.2. The van der Waals surface area contributed by atoms with Crippen molar-refractivity contribution in [1.82, 2.24) is 29.9 Å². The highest BCUT2D eigenvalue weighted by Crippen LogP contribution is 2.53. The highest BCUT2D eigenvalue weighted by atomic mass is 19.4. The van der Waals surface area contributed by atoms with E-state index in [9.17, 15) is 22.0 Å². The van der Waals surface area contributed by atoms with Crippen LogP contribution in [0.3, 0.4) is 0 Å². The van der Waals surface area contributed by atoms with Gasteiger partial charge in [-0.3, -0.25) is 4.98 Å². The highest BCUT2D eigenvalue weighted by molar-refractivity contribution is 5.82. The fourth-order valence-corrected chi connectivity index (χ4v) is 3.82. The Bertz CT molecular complexity index is 1290. The minimum Gasteiger partial charge on any atom is -0.348 e. The average Bonchev–Trinajstić information content (AvgIpc) is 3.33. The van der Waals surface area contributed by atoms with Gasteiger partial charge in [-0.1, -0.05) is 26.8 Å². The number of pyridine rings is 1. The third kappa shape index (κ3) is 3.74. The van der Waals surface area contributed by atoms with E-state index in [-0.39, 0.29) is 47.7 Å². The molecule has 3 aromatic rings. The van der Waals surface area contributed by atoms with Gasteiger partial charge in [0.25, 0.3) is 5.92 Å². The molecule has 0 amide bonds. The second-order valence-electron chi connectivity index (χ2n) is 9.42. The monoisotopic (exact) mass is 481 g/mol. The van der Waals surface area contributed by atoms with Crippen molar-refractivity contribution in [3.63, 3.8) is 0 Å². The number of rotatable bonds is 4. The first kappa shape index (κ1) is 22.5. The molecule has 0 radical (unpaired) electrons. The van der Waals surface area contributed by atoms with Gasteiger partial charge >= 0.3 is 11.8 Å². The molecule has 5 rings (SSSR count). The van der Waals surface area contributed by atoms with E-state index in [0.29, 0.717) is 5.82 Å². The quantitative estimate of drug-likeness (QED) is 0.523. The largest absolute Gasteiger partial charge is 0.442 e. The van der Waals surface area contributed by atoms with Crippen molar-refractivity contribution < 1.29 is 22.0 Å². The molecule has 0 aromatic carbocycles. The maximum Gasteiger partial charge on any atom is 0.442 e. The smallest absolute Gasteiger partial charge is 0.348 e. The number of halogens is 5. The molecule has 0 atom stereocenters. The van der Waals surface area contributed by atoms with Crippen molar-refractivity contribution >= 4 is 17.0 Å². The summed E-state index contributed by atoms with van der Waals surface area (Å²) >= 11 is 0. The van der Waals surface area contributed by atoms with Gasteiger partial charge in [-0.2, -0.15) is 18.0 Å². The van der Waals surface area contributed by atoms with E-state index in [4.69, 9.17) is 0 Å². The van der Waals surface area contributed by atoms with E-state index in [1.54, 1.807) is 0 Å². The van der Waals surface area contributed by atoms with E-state index >= 15 is 0 Å². The fourth-order valence-electron chi connectivity index (χ4n) is 3.82. The van der Waals surface area contributed by atoms with Gasteiger partial charge in [-0.15, -0.1) is 20.4 Å². The van der Waals surface area contributed by atoms with Crippen molar-refractivity contribution in [2.24, 2.45) is 10.2 Å². The molecule has 9 nitrogen and oxygen atoms in total. The summed E-state index contributed by atoms with van der Waals surface area (Å²) in [7, 11) is 0. The number of aromatic nitrogens is 6. The Morgan fingerprint density at radius 3 is 2.38 bits per heavy atom. The first-order valence-electron chi connectivity index (χ1n) is 10.5. The van der Waals surface area contributed by atoms with Crippen LogP contribution in [0.4, 0.5) is 27.8 Å². The zero-order valence-electron chi connectivity index (χ0n) is 18.5. The number of hydrogen-bond acceptors (Lipinski definition) is 8. The topological polar surface area (TPSA) is 97.3 Å². The van der Waals surface area contributed by atoms with Crippen molar-refractivity contribution in [2.45, 2.75) is 56.9 Å². The molecule has 0 saturated carbocycles. The van der Waals surface area contributed by atoms with Crippen LogP contribution in [0.5, 0.6) is 0 Å². The van der Waals surface area contributed by atoms with Crippen molar-refractivity contribution in [1.29, 1.82) is 0 Å². The number of nitrogens with zero attached hydrogens (tertiary/aromatic N) is 9. The van der Waals surface area contributed by atoms with Gasteiger partial charge in [-0.05, 0) is 6.07 Å². The fraction of sp³-hybridized carbons (Fsp3) is 0.550. The summed E-state index contributed by atoms with van der Waals surface area (Å²) < 4.78 is 68.6. The van der Waals surface area contributed by atoms with Crippen LogP contribution in [0, 0.1) is 0 Å². The minimum absolute atomic E-state index is 0.0309. The number of alkyl halides is 5. The Labute approximate surface area is 190 Å². The number of fused-ring (bicyclic) bond motifs is 1. The molecule has 0 unspecified atom stereocenters. The van der Waals surface area contributed by atoms with Crippen LogP contribution >= 0.6 is 0 Å². The lowest BCUT2D eigenvalue weighted by atomic mass is 9.96. The summed E-state index contributed by atoms with van der Waals surface area (Å²) in [6.45, 7) is 4.96. The molecule has 14 heteroatoms. The Balaban J connectivity index is 1.57. The second kappa shape index (κ2) is 7.09. The standard InChI is InChI=1S/C20H20F5N9/c1-17(2,3)16-27-14-13(15(28-16)33-8-6-18(21,22)10-33)29-34(30-14)9-12-11(5-4-7-26-12)19(31-32-19)20(23,24)25/h4-5,7H,6,8-10H2,1-3H3. The third-order valence-electron chi connectivity index (χ3n) is 5.67. The van der Waals surface area contributed by atoms with Crippen LogP contribution in [0.25, 0.3) is 11.2 Å². The Morgan fingerprint density at radius 1 is 1.06 bits per heavy atom. The lowest BCUT2D eigenvalue weighted by Crippen LogP contribution is -2.32. The highest BCUT2D eigenvalue weighted by Gasteiger charge is 2.66.